The molecule has 224 valence electrons. The molecule has 0 saturated carbocycles. The van der Waals surface area contributed by atoms with E-state index in [4.69, 9.17) is 5.73 Å². The van der Waals surface area contributed by atoms with E-state index in [9.17, 15) is 43.2 Å². The molecule has 2 aromatic rings. The number of anilines is 1. The predicted octanol–water partition coefficient (Wildman–Crippen LogP) is 0.892. The van der Waals surface area contributed by atoms with Gasteiger partial charge in [0.2, 0.25) is 15.8 Å². The Morgan fingerprint density at radius 1 is 1.07 bits per heavy atom. The van der Waals surface area contributed by atoms with E-state index in [1.807, 2.05) is 0 Å². The average Bonchev–Trinajstić information content (AvgIpc) is 2.90. The van der Waals surface area contributed by atoms with Crippen molar-refractivity contribution in [2.24, 2.45) is 17.6 Å². The molecular formula is C30H29N3O9S. The van der Waals surface area contributed by atoms with Crippen molar-refractivity contribution < 1.29 is 43.2 Å². The lowest BCUT2D eigenvalue weighted by Crippen LogP contribution is -2.63. The summed E-state index contributed by atoms with van der Waals surface area (Å²) in [4.78, 5) is 40.8. The molecule has 12 nitrogen and oxygen atoms in total. The number of allylic oxidation sites excluding steroid dienone is 1. The zero-order chi connectivity index (χ0) is 31.6. The van der Waals surface area contributed by atoms with Gasteiger partial charge in [-0.15, -0.1) is 0 Å². The quantitative estimate of drug-likeness (QED) is 0.214. The van der Waals surface area contributed by atoms with E-state index >= 15 is 0 Å². The third-order valence-electron chi connectivity index (χ3n) is 8.14. The fourth-order valence-electron chi connectivity index (χ4n) is 6.34. The summed E-state index contributed by atoms with van der Waals surface area (Å²) in [5.74, 6) is -1.26. The van der Waals surface area contributed by atoms with E-state index in [2.05, 4.69) is 16.6 Å². The third kappa shape index (κ3) is 4.83. The number of sulfonamides is 1. The number of phenols is 1. The number of nitrogens with one attached hydrogen (secondary N) is 1. The largest absolute Gasteiger partial charge is 0.510 e. The van der Waals surface area contributed by atoms with Crippen molar-refractivity contribution in [1.29, 1.82) is 0 Å². The monoisotopic (exact) mass is 607 g/mol. The molecule has 0 unspecified atom stereocenters. The maximum Gasteiger partial charge on any atom is 0.255 e. The molecule has 0 radical (unpaired) electrons. The maximum absolute atomic E-state index is 13.8. The van der Waals surface area contributed by atoms with Gasteiger partial charge in [0.05, 0.1) is 17.9 Å². The van der Waals surface area contributed by atoms with Crippen LogP contribution in [-0.2, 0) is 26.0 Å². The van der Waals surface area contributed by atoms with Gasteiger partial charge in [0.15, 0.2) is 11.4 Å². The lowest BCUT2D eigenvalue weighted by molar-refractivity contribution is -0.148. The number of primary amides is 1. The summed E-state index contributed by atoms with van der Waals surface area (Å²) in [7, 11) is -0.331. The topological polar surface area (TPSA) is 208 Å². The molecule has 3 aliphatic carbocycles. The number of carbonyl (C=O) groups is 3. The van der Waals surface area contributed by atoms with E-state index in [0.717, 1.165) is 6.26 Å². The van der Waals surface area contributed by atoms with Crippen LogP contribution in [0.2, 0.25) is 0 Å². The van der Waals surface area contributed by atoms with Gasteiger partial charge in [0.25, 0.3) is 5.91 Å². The first kappa shape index (κ1) is 29.8. The Morgan fingerprint density at radius 2 is 1.72 bits per heavy atom. The second-order valence-corrected chi connectivity index (χ2v) is 12.9. The Bertz CT molecular complexity index is 1830. The molecule has 5 rings (SSSR count). The van der Waals surface area contributed by atoms with Gasteiger partial charge in [-0.1, -0.05) is 11.8 Å². The minimum atomic E-state index is -3.45. The highest BCUT2D eigenvalue weighted by atomic mass is 32.2. The normalized spacial score (nSPS) is 25.0. The number of carbonyl (C=O) groups excluding carboxylic acids is 3. The molecule has 0 spiro atoms. The first-order valence-electron chi connectivity index (χ1n) is 13.2. The van der Waals surface area contributed by atoms with Gasteiger partial charge in [0.1, 0.15) is 22.8 Å². The molecule has 0 aliphatic heterocycles. The molecule has 4 atom stereocenters. The van der Waals surface area contributed by atoms with Gasteiger partial charge in [-0.25, -0.2) is 8.42 Å². The second kappa shape index (κ2) is 10.3. The van der Waals surface area contributed by atoms with Crippen LogP contribution in [0.3, 0.4) is 0 Å². The first-order chi connectivity index (χ1) is 20.1. The van der Waals surface area contributed by atoms with Crippen LogP contribution in [0.5, 0.6) is 5.75 Å². The highest BCUT2D eigenvalue weighted by Gasteiger charge is 2.63. The summed E-state index contributed by atoms with van der Waals surface area (Å²) in [6.45, 7) is 0. The number of phenolic OH excluding ortho intramolecular Hbond substituents is 1. The number of aliphatic hydroxyl groups is 3. The van der Waals surface area contributed by atoms with E-state index in [1.165, 1.54) is 11.0 Å². The van der Waals surface area contributed by atoms with E-state index in [1.54, 1.807) is 44.4 Å². The van der Waals surface area contributed by atoms with Crippen LogP contribution in [-0.4, -0.2) is 83.2 Å². The Morgan fingerprint density at radius 3 is 2.30 bits per heavy atom. The van der Waals surface area contributed by atoms with Crippen LogP contribution in [0.25, 0.3) is 0 Å². The standard InChI is InChI=1S/C30H29N3O9S/c1-33(2)24-19-13-16-12-18-15(7-4-14-5-9-17(10-6-14)32-43(3,41)42)8-11-20(34)22(18)25(35)21(16)27(37)30(19,40)28(38)23(26(24)36)29(31)39/h5-6,8-11,16,19,24,32,34,36-37,40H,12-13H2,1-3H3,(H2,31,39)/t16-,19-,24-,30-/m1/s1. The minimum Gasteiger partial charge on any atom is -0.510 e. The number of ketones is 2. The van der Waals surface area contributed by atoms with Crippen LogP contribution in [0.1, 0.15) is 33.5 Å². The molecule has 0 fully saturated rings. The number of hydrogen-bond donors (Lipinski definition) is 6. The molecule has 1 amide bonds. The molecule has 0 heterocycles. The molecule has 2 aromatic carbocycles. The van der Waals surface area contributed by atoms with Crippen LogP contribution in [0.15, 0.2) is 59.1 Å². The Hall–Kier alpha value is -4.64. The highest BCUT2D eigenvalue weighted by Crippen LogP contribution is 2.52. The summed E-state index contributed by atoms with van der Waals surface area (Å²) in [5, 5.41) is 44.6. The van der Waals surface area contributed by atoms with Crippen LogP contribution in [0, 0.1) is 23.7 Å². The van der Waals surface area contributed by atoms with Gasteiger partial charge in [-0.05, 0) is 74.8 Å². The number of benzene rings is 2. The van der Waals surface area contributed by atoms with Crippen molar-refractivity contribution in [3.63, 3.8) is 0 Å². The first-order valence-corrected chi connectivity index (χ1v) is 15.0. The number of hydrogen-bond acceptors (Lipinski definition) is 10. The highest BCUT2D eigenvalue weighted by molar-refractivity contribution is 7.92. The zero-order valence-electron chi connectivity index (χ0n) is 23.4. The van der Waals surface area contributed by atoms with Crippen molar-refractivity contribution in [3.8, 4) is 17.6 Å². The van der Waals surface area contributed by atoms with Crippen LogP contribution in [0.4, 0.5) is 5.69 Å². The number of aliphatic hydroxyl groups excluding tert-OH is 2. The van der Waals surface area contributed by atoms with Crippen LogP contribution >= 0.6 is 0 Å². The molecule has 0 bridgehead atoms. The predicted molar refractivity (Wildman–Crippen MR) is 155 cm³/mol. The molecule has 0 saturated heterocycles. The van der Waals surface area contributed by atoms with Gasteiger partial charge in [-0.3, -0.25) is 24.0 Å². The summed E-state index contributed by atoms with van der Waals surface area (Å²) in [6, 6.07) is 8.05. The molecule has 13 heteroatoms. The number of aromatic hydroxyl groups is 1. The molecule has 43 heavy (non-hydrogen) atoms. The number of rotatable bonds is 4. The smallest absolute Gasteiger partial charge is 0.255 e. The Labute approximate surface area is 247 Å². The average molecular weight is 608 g/mol. The zero-order valence-corrected chi connectivity index (χ0v) is 24.2. The lowest BCUT2D eigenvalue weighted by Gasteiger charge is -2.50. The van der Waals surface area contributed by atoms with Crippen molar-refractivity contribution >= 4 is 33.2 Å². The molecule has 0 aromatic heterocycles. The van der Waals surface area contributed by atoms with E-state index < -0.39 is 68.1 Å². The fraction of sp³-hybridized carbons (Fsp3) is 0.300. The van der Waals surface area contributed by atoms with E-state index in [0.29, 0.717) is 22.4 Å². The summed E-state index contributed by atoms with van der Waals surface area (Å²) in [5.41, 5.74) is 3.11. The fourth-order valence-corrected chi connectivity index (χ4v) is 6.91. The SMILES string of the molecule is CN(C)[C@H]1C(O)=C(C(N)=O)C(=O)[C@]2(O)C(O)=C3C(=O)c4c(O)ccc(C#Cc5ccc(NS(C)(=O)=O)cc5)c4C[C@@H]3C[C@H]12. The number of fused-ring (bicyclic) bond motifs is 3. The Balaban J connectivity index is 1.59. The number of likely N-dealkylation sites (N-methyl/N-ethyl adjacent to an activating group) is 1. The summed E-state index contributed by atoms with van der Waals surface area (Å²) < 4.78 is 25.3. The van der Waals surface area contributed by atoms with Gasteiger partial charge < -0.3 is 26.2 Å². The summed E-state index contributed by atoms with van der Waals surface area (Å²) in [6.07, 6.45) is 1.10. The van der Waals surface area contributed by atoms with Crippen molar-refractivity contribution in [2.45, 2.75) is 24.5 Å². The van der Waals surface area contributed by atoms with Crippen molar-refractivity contribution in [3.05, 3.63) is 81.3 Å². The van der Waals surface area contributed by atoms with Crippen molar-refractivity contribution in [1.82, 2.24) is 4.90 Å². The number of Topliss-reactive ketones (excluding diaryl/α,β-unsaturated/α-hetero) is 2. The maximum atomic E-state index is 13.8. The minimum absolute atomic E-state index is 0.0386. The van der Waals surface area contributed by atoms with Gasteiger partial charge in [-0.2, -0.15) is 0 Å². The molecule has 3 aliphatic rings. The van der Waals surface area contributed by atoms with Gasteiger partial charge in [0, 0.05) is 28.3 Å². The summed E-state index contributed by atoms with van der Waals surface area (Å²) >= 11 is 0. The van der Waals surface area contributed by atoms with E-state index in [-0.39, 0.29) is 29.7 Å². The lowest BCUT2D eigenvalue weighted by atomic mass is 9.58. The second-order valence-electron chi connectivity index (χ2n) is 11.2. The van der Waals surface area contributed by atoms with Gasteiger partial charge >= 0.3 is 0 Å². The van der Waals surface area contributed by atoms with Crippen LogP contribution < -0.4 is 10.5 Å². The van der Waals surface area contributed by atoms with Crippen molar-refractivity contribution in [2.75, 3.05) is 25.1 Å². The number of nitrogens with zero attached hydrogens (tertiary/aromatic N) is 1. The Kier molecular flexibility index (Phi) is 7.12. The number of nitrogens with two attached hydrogens (primary N) is 1. The molecular weight excluding hydrogens is 578 g/mol. The molecule has 7 N–H and O–H groups in total. The third-order valence-corrected chi connectivity index (χ3v) is 8.74. The number of amides is 1.